The molecule has 0 radical (unpaired) electrons. The van der Waals surface area contributed by atoms with E-state index in [4.69, 9.17) is 5.21 Å². The molecule has 0 atom stereocenters. The number of esters is 1. The molecule has 0 unspecified atom stereocenters. The van der Waals surface area contributed by atoms with Crippen LogP contribution in [0.25, 0.3) is 0 Å². The first-order chi connectivity index (χ1) is 7.36. The third kappa shape index (κ3) is 2.75. The van der Waals surface area contributed by atoms with Gasteiger partial charge in [-0.1, -0.05) is 0 Å². The molecule has 4 nitrogen and oxygen atoms in total. The molecule has 0 spiro atoms. The summed E-state index contributed by atoms with van der Waals surface area (Å²) in [5.41, 5.74) is -1.24. The Labute approximate surface area is 89.6 Å². The molecule has 0 bridgehead atoms. The lowest BCUT2D eigenvalue weighted by atomic mass is 10.1. The number of hydrogen-bond donors (Lipinski definition) is 1. The molecule has 1 aliphatic rings. The van der Waals surface area contributed by atoms with E-state index >= 15 is 0 Å². The van der Waals surface area contributed by atoms with Gasteiger partial charge in [-0.3, -0.25) is 5.21 Å². The smallest absolute Gasteiger partial charge is 0.433 e. The van der Waals surface area contributed by atoms with Gasteiger partial charge in [0.25, 0.3) is 0 Å². The van der Waals surface area contributed by atoms with Gasteiger partial charge in [0, 0.05) is 0 Å². The molecule has 1 heterocycles. The van der Waals surface area contributed by atoms with E-state index in [9.17, 15) is 18.0 Å². The van der Waals surface area contributed by atoms with Gasteiger partial charge >= 0.3 is 12.1 Å². The second kappa shape index (κ2) is 4.56. The normalized spacial score (nSPS) is 16.7. The Morgan fingerprint density at radius 2 is 2.19 bits per heavy atom. The summed E-state index contributed by atoms with van der Waals surface area (Å²) in [6.45, 7) is 1.16. The summed E-state index contributed by atoms with van der Waals surface area (Å²) in [7, 11) is 0. The number of hydroxylamine groups is 2. The quantitative estimate of drug-likeness (QED) is 0.741. The predicted octanol–water partition coefficient (Wildman–Crippen LogP) is 1.63. The number of nitrogens with zero attached hydrogens (tertiary/aromatic N) is 1. The fraction of sp³-hybridized carbons (Fsp3) is 0.444. The Hall–Kier alpha value is -1.50. The van der Waals surface area contributed by atoms with Crippen molar-refractivity contribution in [3.05, 3.63) is 23.4 Å². The molecule has 7 heteroatoms. The molecule has 0 aromatic carbocycles. The highest BCUT2D eigenvalue weighted by Crippen LogP contribution is 2.30. The summed E-state index contributed by atoms with van der Waals surface area (Å²) >= 11 is 0. The van der Waals surface area contributed by atoms with Crippen molar-refractivity contribution in [3.8, 4) is 0 Å². The van der Waals surface area contributed by atoms with Crippen LogP contribution in [0.5, 0.6) is 0 Å². The fourth-order valence-electron chi connectivity index (χ4n) is 1.16. The molecule has 1 aliphatic heterocycles. The highest BCUT2D eigenvalue weighted by Gasteiger charge is 2.39. The van der Waals surface area contributed by atoms with E-state index < -0.39 is 24.4 Å². The standard InChI is InChI=1S/C9H10F3NO3/c1-2-16-8(14)6-3-4-7(9(10,11)12)13(15)5-6/h3-4,15H,2,5H2,1H3. The van der Waals surface area contributed by atoms with Crippen LogP contribution < -0.4 is 0 Å². The van der Waals surface area contributed by atoms with Gasteiger partial charge in [0.1, 0.15) is 5.70 Å². The lowest BCUT2D eigenvalue weighted by Crippen LogP contribution is -2.34. The minimum absolute atomic E-state index is 0.0216. The Morgan fingerprint density at radius 1 is 1.56 bits per heavy atom. The molecule has 90 valence electrons. The zero-order chi connectivity index (χ0) is 12.3. The zero-order valence-electron chi connectivity index (χ0n) is 8.41. The monoisotopic (exact) mass is 237 g/mol. The summed E-state index contributed by atoms with van der Waals surface area (Å²) in [6.07, 6.45) is -3.02. The second-order valence-corrected chi connectivity index (χ2v) is 3.02. The fourth-order valence-corrected chi connectivity index (χ4v) is 1.16. The highest BCUT2D eigenvalue weighted by molar-refractivity contribution is 5.89. The molecular formula is C9H10F3NO3. The average Bonchev–Trinajstić information content (AvgIpc) is 2.16. The van der Waals surface area contributed by atoms with Gasteiger partial charge < -0.3 is 4.74 Å². The van der Waals surface area contributed by atoms with Crippen molar-refractivity contribution in [2.75, 3.05) is 13.2 Å². The number of carbonyl (C=O) groups excluding carboxylic acids is 1. The Kier molecular flexibility index (Phi) is 3.58. The van der Waals surface area contributed by atoms with Gasteiger partial charge in [-0.15, -0.1) is 0 Å². The van der Waals surface area contributed by atoms with Crippen molar-refractivity contribution in [1.82, 2.24) is 5.06 Å². The SMILES string of the molecule is CCOC(=O)C1=CC=C(C(F)(F)F)N(O)C1. The van der Waals surface area contributed by atoms with E-state index in [0.29, 0.717) is 6.08 Å². The van der Waals surface area contributed by atoms with Crippen LogP contribution in [-0.2, 0) is 9.53 Å². The molecular weight excluding hydrogens is 227 g/mol. The number of alkyl halides is 3. The van der Waals surface area contributed by atoms with Gasteiger partial charge in [0.15, 0.2) is 0 Å². The summed E-state index contributed by atoms with van der Waals surface area (Å²) < 4.78 is 41.4. The van der Waals surface area contributed by atoms with E-state index in [1.807, 2.05) is 0 Å². The first-order valence-corrected chi connectivity index (χ1v) is 4.48. The van der Waals surface area contributed by atoms with Gasteiger partial charge in [0.2, 0.25) is 0 Å². The lowest BCUT2D eigenvalue weighted by molar-refractivity contribution is -0.165. The van der Waals surface area contributed by atoms with Gasteiger partial charge in [-0.05, 0) is 19.1 Å². The predicted molar refractivity (Wildman–Crippen MR) is 47.3 cm³/mol. The second-order valence-electron chi connectivity index (χ2n) is 3.02. The molecule has 0 saturated carbocycles. The maximum absolute atomic E-state index is 12.3. The van der Waals surface area contributed by atoms with E-state index in [1.54, 1.807) is 6.92 Å². The van der Waals surface area contributed by atoms with Gasteiger partial charge in [-0.2, -0.15) is 13.2 Å². The van der Waals surface area contributed by atoms with Crippen LogP contribution in [0.4, 0.5) is 13.2 Å². The zero-order valence-corrected chi connectivity index (χ0v) is 8.41. The van der Waals surface area contributed by atoms with Crippen molar-refractivity contribution < 1.29 is 27.9 Å². The third-order valence-corrected chi connectivity index (χ3v) is 1.87. The molecule has 16 heavy (non-hydrogen) atoms. The number of ether oxygens (including phenoxy) is 1. The van der Waals surface area contributed by atoms with E-state index in [0.717, 1.165) is 6.08 Å². The third-order valence-electron chi connectivity index (χ3n) is 1.87. The minimum atomic E-state index is -4.65. The first-order valence-electron chi connectivity index (χ1n) is 4.48. The molecule has 1 N–H and O–H groups in total. The van der Waals surface area contributed by atoms with Crippen molar-refractivity contribution in [1.29, 1.82) is 0 Å². The van der Waals surface area contributed by atoms with Crippen LogP contribution in [0.1, 0.15) is 6.92 Å². The molecule has 0 amide bonds. The largest absolute Gasteiger partial charge is 0.463 e. The molecule has 0 aromatic rings. The van der Waals surface area contributed by atoms with Crippen LogP contribution in [0.15, 0.2) is 23.4 Å². The van der Waals surface area contributed by atoms with Crippen LogP contribution >= 0.6 is 0 Å². The molecule has 0 aromatic heterocycles. The molecule has 0 saturated heterocycles. The number of hydrogen-bond acceptors (Lipinski definition) is 4. The minimum Gasteiger partial charge on any atom is -0.463 e. The highest BCUT2D eigenvalue weighted by atomic mass is 19.4. The molecule has 1 rings (SSSR count). The molecule has 0 aliphatic carbocycles. The number of halogens is 3. The maximum atomic E-state index is 12.3. The molecule has 0 fully saturated rings. The van der Waals surface area contributed by atoms with Crippen molar-refractivity contribution in [2.45, 2.75) is 13.1 Å². The van der Waals surface area contributed by atoms with Crippen molar-refractivity contribution in [3.63, 3.8) is 0 Å². The van der Waals surface area contributed by atoms with E-state index in [2.05, 4.69) is 4.74 Å². The van der Waals surface area contributed by atoms with E-state index in [1.165, 1.54) is 0 Å². The Bertz CT molecular complexity index is 346. The van der Waals surface area contributed by atoms with Crippen LogP contribution in [0, 0.1) is 0 Å². The van der Waals surface area contributed by atoms with Crippen LogP contribution in [0.3, 0.4) is 0 Å². The van der Waals surface area contributed by atoms with Gasteiger partial charge in [-0.25, -0.2) is 9.86 Å². The Balaban J connectivity index is 2.86. The average molecular weight is 237 g/mol. The van der Waals surface area contributed by atoms with Crippen LogP contribution in [0.2, 0.25) is 0 Å². The maximum Gasteiger partial charge on any atom is 0.433 e. The van der Waals surface area contributed by atoms with Crippen molar-refractivity contribution >= 4 is 5.97 Å². The summed E-state index contributed by atoms with van der Waals surface area (Å²) in [5.74, 6) is -0.737. The summed E-state index contributed by atoms with van der Waals surface area (Å²) in [4.78, 5) is 11.2. The summed E-state index contributed by atoms with van der Waals surface area (Å²) in [6, 6.07) is 0. The Morgan fingerprint density at radius 3 is 2.62 bits per heavy atom. The topological polar surface area (TPSA) is 49.8 Å². The van der Waals surface area contributed by atoms with Crippen molar-refractivity contribution in [2.24, 2.45) is 0 Å². The number of allylic oxidation sites excluding steroid dienone is 3. The first kappa shape index (κ1) is 12.6. The summed E-state index contributed by atoms with van der Waals surface area (Å²) in [5, 5.41) is 9.07. The van der Waals surface area contributed by atoms with E-state index in [-0.39, 0.29) is 17.2 Å². The van der Waals surface area contributed by atoms with Gasteiger partial charge in [0.05, 0.1) is 18.7 Å². The lowest BCUT2D eigenvalue weighted by Gasteiger charge is -2.25. The number of carbonyl (C=O) groups is 1. The van der Waals surface area contributed by atoms with Crippen LogP contribution in [-0.4, -0.2) is 35.6 Å². The number of rotatable bonds is 2.